The van der Waals surface area contributed by atoms with E-state index in [9.17, 15) is 4.79 Å². The number of amides is 1. The van der Waals surface area contributed by atoms with Gasteiger partial charge in [0.05, 0.1) is 11.8 Å². The van der Waals surface area contributed by atoms with Crippen LogP contribution in [0.15, 0.2) is 42.6 Å². The van der Waals surface area contributed by atoms with E-state index in [1.165, 1.54) is 0 Å². The highest BCUT2D eigenvalue weighted by Crippen LogP contribution is 2.22. The van der Waals surface area contributed by atoms with Gasteiger partial charge < -0.3 is 10.5 Å². The summed E-state index contributed by atoms with van der Waals surface area (Å²) in [5, 5.41) is 0. The van der Waals surface area contributed by atoms with Crippen LogP contribution in [-0.2, 0) is 4.74 Å². The largest absolute Gasteiger partial charge is 0.377 e. The molecule has 19 heavy (non-hydrogen) atoms. The molecule has 0 fully saturated rings. The molecule has 0 aliphatic rings. The summed E-state index contributed by atoms with van der Waals surface area (Å²) in [6.07, 6.45) is 1.64. The van der Waals surface area contributed by atoms with Gasteiger partial charge in [0.2, 0.25) is 5.91 Å². The molecule has 1 amide bonds. The number of hydrogen-bond acceptors (Lipinski definition) is 3. The summed E-state index contributed by atoms with van der Waals surface area (Å²) in [4.78, 5) is 15.4. The lowest BCUT2D eigenvalue weighted by molar-refractivity contribution is 0.1000. The van der Waals surface area contributed by atoms with Crippen LogP contribution >= 0.6 is 0 Å². The normalized spacial score (nSPS) is 12.1. The summed E-state index contributed by atoms with van der Waals surface area (Å²) < 4.78 is 5.26. The average molecular weight is 256 g/mol. The SMILES string of the molecule is COC(C)c1ccc(-c2cc(C(N)=O)ccn2)cc1. The quantitative estimate of drug-likeness (QED) is 0.914. The van der Waals surface area contributed by atoms with E-state index >= 15 is 0 Å². The van der Waals surface area contributed by atoms with Crippen molar-refractivity contribution < 1.29 is 9.53 Å². The van der Waals surface area contributed by atoms with Gasteiger partial charge in [-0.3, -0.25) is 9.78 Å². The molecule has 1 aromatic carbocycles. The third kappa shape index (κ3) is 2.98. The van der Waals surface area contributed by atoms with E-state index in [2.05, 4.69) is 4.98 Å². The van der Waals surface area contributed by atoms with Crippen LogP contribution in [0.1, 0.15) is 28.9 Å². The number of methoxy groups -OCH3 is 1. The van der Waals surface area contributed by atoms with Crippen molar-refractivity contribution in [3.63, 3.8) is 0 Å². The van der Waals surface area contributed by atoms with Crippen molar-refractivity contribution in [3.05, 3.63) is 53.7 Å². The zero-order valence-corrected chi connectivity index (χ0v) is 11.0. The lowest BCUT2D eigenvalue weighted by Gasteiger charge is -2.10. The maximum atomic E-state index is 11.1. The van der Waals surface area contributed by atoms with Crippen LogP contribution in [0.2, 0.25) is 0 Å². The molecule has 0 saturated heterocycles. The molecule has 0 saturated carbocycles. The van der Waals surface area contributed by atoms with Gasteiger partial charge in [0.15, 0.2) is 0 Å². The molecule has 0 aliphatic heterocycles. The number of primary amides is 1. The standard InChI is InChI=1S/C15H16N2O2/c1-10(19-2)11-3-5-12(6-4-11)14-9-13(15(16)18)7-8-17-14/h3-10H,1-2H3,(H2,16,18). The van der Waals surface area contributed by atoms with E-state index in [1.807, 2.05) is 31.2 Å². The third-order valence-corrected chi connectivity index (χ3v) is 3.07. The molecule has 98 valence electrons. The summed E-state index contributed by atoms with van der Waals surface area (Å²) in [5.41, 5.74) is 8.48. The molecule has 1 aromatic heterocycles. The number of carbonyl (C=O) groups excluding carboxylic acids is 1. The van der Waals surface area contributed by atoms with Crippen molar-refractivity contribution in [3.8, 4) is 11.3 Å². The zero-order valence-electron chi connectivity index (χ0n) is 11.0. The van der Waals surface area contributed by atoms with Gasteiger partial charge in [-0.1, -0.05) is 24.3 Å². The van der Waals surface area contributed by atoms with Crippen LogP contribution < -0.4 is 5.73 Å². The fraction of sp³-hybridized carbons (Fsp3) is 0.200. The molecule has 0 bridgehead atoms. The molecule has 0 aliphatic carbocycles. The van der Waals surface area contributed by atoms with Gasteiger partial charge in [0.25, 0.3) is 0 Å². The number of aromatic nitrogens is 1. The van der Waals surface area contributed by atoms with Crippen molar-refractivity contribution in [2.24, 2.45) is 5.73 Å². The lowest BCUT2D eigenvalue weighted by atomic mass is 10.0. The van der Waals surface area contributed by atoms with Gasteiger partial charge in [-0.15, -0.1) is 0 Å². The Hall–Kier alpha value is -2.20. The molecule has 2 aromatic rings. The number of nitrogens with two attached hydrogens (primary N) is 1. The molecule has 4 heteroatoms. The first-order valence-corrected chi connectivity index (χ1v) is 6.01. The Morgan fingerprint density at radius 1 is 1.26 bits per heavy atom. The molecule has 2 N–H and O–H groups in total. The van der Waals surface area contributed by atoms with Gasteiger partial charge in [-0.05, 0) is 24.6 Å². The van der Waals surface area contributed by atoms with Crippen LogP contribution in [-0.4, -0.2) is 18.0 Å². The summed E-state index contributed by atoms with van der Waals surface area (Å²) in [7, 11) is 1.68. The molecule has 4 nitrogen and oxygen atoms in total. The first kappa shape index (κ1) is 13.2. The molecule has 2 rings (SSSR count). The minimum absolute atomic E-state index is 0.0546. The second-order valence-electron chi connectivity index (χ2n) is 4.29. The maximum Gasteiger partial charge on any atom is 0.248 e. The Labute approximate surface area is 112 Å². The predicted molar refractivity (Wildman–Crippen MR) is 73.6 cm³/mol. The van der Waals surface area contributed by atoms with Crippen molar-refractivity contribution in [1.29, 1.82) is 0 Å². The van der Waals surface area contributed by atoms with Crippen molar-refractivity contribution >= 4 is 5.91 Å². The Balaban J connectivity index is 2.32. The second kappa shape index (κ2) is 5.63. The minimum Gasteiger partial charge on any atom is -0.377 e. The second-order valence-corrected chi connectivity index (χ2v) is 4.29. The van der Waals surface area contributed by atoms with Gasteiger partial charge in [0.1, 0.15) is 0 Å². The Bertz CT molecular complexity index is 579. The molecule has 1 unspecified atom stereocenters. The molecule has 0 radical (unpaired) electrons. The van der Waals surface area contributed by atoms with Gasteiger partial charge >= 0.3 is 0 Å². The average Bonchev–Trinajstić information content (AvgIpc) is 2.46. The first-order chi connectivity index (χ1) is 9.11. The highest BCUT2D eigenvalue weighted by Gasteiger charge is 2.06. The Kier molecular flexibility index (Phi) is 3.92. The summed E-state index contributed by atoms with van der Waals surface area (Å²) in [6, 6.07) is 11.2. The smallest absolute Gasteiger partial charge is 0.248 e. The monoisotopic (exact) mass is 256 g/mol. The van der Waals surface area contributed by atoms with E-state index < -0.39 is 5.91 Å². The van der Waals surface area contributed by atoms with Crippen LogP contribution in [0.3, 0.4) is 0 Å². The first-order valence-electron chi connectivity index (χ1n) is 6.01. The van der Waals surface area contributed by atoms with Crippen molar-refractivity contribution in [1.82, 2.24) is 4.98 Å². The van der Waals surface area contributed by atoms with Crippen molar-refractivity contribution in [2.75, 3.05) is 7.11 Å². The Morgan fingerprint density at radius 2 is 1.95 bits per heavy atom. The minimum atomic E-state index is -0.451. The van der Waals surface area contributed by atoms with E-state index in [0.29, 0.717) is 5.56 Å². The number of ether oxygens (including phenoxy) is 1. The number of pyridine rings is 1. The molecular formula is C15H16N2O2. The topological polar surface area (TPSA) is 65.2 Å². The van der Waals surface area contributed by atoms with E-state index in [0.717, 1.165) is 16.8 Å². The molecule has 1 heterocycles. The molecule has 1 atom stereocenters. The van der Waals surface area contributed by atoms with Gasteiger partial charge in [0, 0.05) is 24.4 Å². The van der Waals surface area contributed by atoms with Gasteiger partial charge in [-0.25, -0.2) is 0 Å². The van der Waals surface area contributed by atoms with E-state index in [-0.39, 0.29) is 6.10 Å². The number of rotatable bonds is 4. The van der Waals surface area contributed by atoms with E-state index in [4.69, 9.17) is 10.5 Å². The van der Waals surface area contributed by atoms with Crippen LogP contribution in [0.5, 0.6) is 0 Å². The van der Waals surface area contributed by atoms with Gasteiger partial charge in [-0.2, -0.15) is 0 Å². The fourth-order valence-electron chi connectivity index (χ4n) is 1.80. The Morgan fingerprint density at radius 3 is 2.53 bits per heavy atom. The van der Waals surface area contributed by atoms with Crippen LogP contribution in [0.25, 0.3) is 11.3 Å². The highest BCUT2D eigenvalue weighted by molar-refractivity contribution is 5.93. The van der Waals surface area contributed by atoms with E-state index in [1.54, 1.807) is 25.4 Å². The summed E-state index contributed by atoms with van der Waals surface area (Å²) in [5.74, 6) is -0.451. The van der Waals surface area contributed by atoms with Crippen LogP contribution in [0, 0.1) is 0 Å². The molecular weight excluding hydrogens is 240 g/mol. The number of carbonyl (C=O) groups is 1. The zero-order chi connectivity index (χ0) is 13.8. The fourth-order valence-corrected chi connectivity index (χ4v) is 1.80. The summed E-state index contributed by atoms with van der Waals surface area (Å²) in [6.45, 7) is 1.99. The molecule has 0 spiro atoms. The predicted octanol–water partition coefficient (Wildman–Crippen LogP) is 2.55. The lowest BCUT2D eigenvalue weighted by Crippen LogP contribution is -2.10. The third-order valence-electron chi connectivity index (χ3n) is 3.07. The number of nitrogens with zero attached hydrogens (tertiary/aromatic N) is 1. The van der Waals surface area contributed by atoms with Crippen molar-refractivity contribution in [2.45, 2.75) is 13.0 Å². The summed E-state index contributed by atoms with van der Waals surface area (Å²) >= 11 is 0. The highest BCUT2D eigenvalue weighted by atomic mass is 16.5. The van der Waals surface area contributed by atoms with Crippen LogP contribution in [0.4, 0.5) is 0 Å². The number of hydrogen-bond donors (Lipinski definition) is 1. The number of benzene rings is 1. The maximum absolute atomic E-state index is 11.1.